The minimum atomic E-state index is -0.0370. The molecule has 1 fully saturated rings. The number of morpholine rings is 1. The highest BCUT2D eigenvalue weighted by atomic mass is 79.9. The number of hydrogen-bond donors (Lipinski definition) is 1. The smallest absolute Gasteiger partial charge is 0.258 e. The molecule has 0 saturated carbocycles. The van der Waals surface area contributed by atoms with Gasteiger partial charge in [-0.3, -0.25) is 9.20 Å². The zero-order valence-electron chi connectivity index (χ0n) is 12.2. The van der Waals surface area contributed by atoms with E-state index in [1.807, 2.05) is 12.1 Å². The molecule has 0 radical (unpaired) electrons. The molecule has 0 unspecified atom stereocenters. The number of rotatable bonds is 2. The van der Waals surface area contributed by atoms with Crippen LogP contribution in [-0.4, -0.2) is 34.7 Å². The van der Waals surface area contributed by atoms with E-state index in [4.69, 9.17) is 4.74 Å². The summed E-state index contributed by atoms with van der Waals surface area (Å²) < 4.78 is 8.18. The van der Waals surface area contributed by atoms with Crippen LogP contribution >= 0.6 is 15.9 Å². The zero-order chi connectivity index (χ0) is 15.0. The molecule has 6 heteroatoms. The van der Waals surface area contributed by atoms with Gasteiger partial charge in [0.1, 0.15) is 43.2 Å². The van der Waals surface area contributed by atoms with Gasteiger partial charge in [-0.05, 0) is 41.9 Å². The van der Waals surface area contributed by atoms with E-state index in [0.29, 0.717) is 5.65 Å². The van der Waals surface area contributed by atoms with E-state index >= 15 is 0 Å². The van der Waals surface area contributed by atoms with Crippen LogP contribution in [0.1, 0.15) is 19.5 Å². The third kappa shape index (κ3) is 3.33. The molecule has 3 rings (SSSR count). The van der Waals surface area contributed by atoms with Gasteiger partial charge in [-0.2, -0.15) is 0 Å². The van der Waals surface area contributed by atoms with Crippen molar-refractivity contribution in [2.75, 3.05) is 13.1 Å². The molecule has 2 aromatic heterocycles. The summed E-state index contributed by atoms with van der Waals surface area (Å²) in [7, 11) is 0. The summed E-state index contributed by atoms with van der Waals surface area (Å²) in [4.78, 5) is 18.2. The van der Waals surface area contributed by atoms with Gasteiger partial charge >= 0.3 is 0 Å². The number of halogens is 1. The molecule has 1 aliphatic rings. The molecule has 1 saturated heterocycles. The van der Waals surface area contributed by atoms with E-state index in [0.717, 1.165) is 29.8 Å². The maximum absolute atomic E-state index is 12.2. The van der Waals surface area contributed by atoms with Crippen LogP contribution in [0.4, 0.5) is 0 Å². The monoisotopic (exact) mass is 352 g/mol. The van der Waals surface area contributed by atoms with Crippen LogP contribution in [0, 0.1) is 0 Å². The molecule has 0 spiro atoms. The van der Waals surface area contributed by atoms with Crippen LogP contribution in [-0.2, 0) is 11.3 Å². The zero-order valence-corrected chi connectivity index (χ0v) is 13.8. The average Bonchev–Trinajstić information content (AvgIpc) is 2.38. The Bertz CT molecular complexity index is 706. The summed E-state index contributed by atoms with van der Waals surface area (Å²) in [6.07, 6.45) is 2.25. The van der Waals surface area contributed by atoms with Gasteiger partial charge in [0.25, 0.3) is 5.56 Å². The molecular formula is C15H19BrN3O2+. The standard InChI is InChI=1S/C15H18BrN3O2/c1-10-6-18(7-11(2)21-10)9-13-5-15(20)19-8-12(16)3-4-14(19)17-13/h3-5,8,10-11H,6-7,9H2,1-2H3/p+1/t10-,11-/m0/s1. The van der Waals surface area contributed by atoms with Gasteiger partial charge < -0.3 is 9.64 Å². The number of ether oxygens (including phenoxy) is 1. The van der Waals surface area contributed by atoms with Crippen molar-refractivity contribution in [1.29, 1.82) is 0 Å². The highest BCUT2D eigenvalue weighted by Gasteiger charge is 2.26. The second-order valence-electron chi connectivity index (χ2n) is 5.75. The topological polar surface area (TPSA) is 48.0 Å². The van der Waals surface area contributed by atoms with Gasteiger partial charge in [-0.25, -0.2) is 4.98 Å². The number of hydrogen-bond acceptors (Lipinski definition) is 3. The Morgan fingerprint density at radius 3 is 2.81 bits per heavy atom. The van der Waals surface area contributed by atoms with Crippen molar-refractivity contribution in [2.45, 2.75) is 32.6 Å². The number of fused-ring (bicyclic) bond motifs is 1. The number of pyridine rings is 1. The second kappa shape index (κ2) is 5.87. The average molecular weight is 353 g/mol. The molecule has 0 aliphatic carbocycles. The van der Waals surface area contributed by atoms with Crippen LogP contribution in [0.15, 0.2) is 33.7 Å². The van der Waals surface area contributed by atoms with Crippen molar-refractivity contribution in [3.63, 3.8) is 0 Å². The molecule has 2 aromatic rings. The summed E-state index contributed by atoms with van der Waals surface area (Å²) >= 11 is 3.37. The first-order valence-corrected chi connectivity index (χ1v) is 7.97. The van der Waals surface area contributed by atoms with Crippen molar-refractivity contribution in [3.05, 3.63) is 44.9 Å². The van der Waals surface area contributed by atoms with Crippen LogP contribution < -0.4 is 10.5 Å². The number of nitrogens with one attached hydrogen (secondary N) is 1. The third-order valence-corrected chi connectivity index (χ3v) is 4.19. The summed E-state index contributed by atoms with van der Waals surface area (Å²) in [6, 6.07) is 5.39. The lowest BCUT2D eigenvalue weighted by atomic mass is 10.2. The Morgan fingerprint density at radius 2 is 2.10 bits per heavy atom. The lowest BCUT2D eigenvalue weighted by Crippen LogP contribution is -3.14. The van der Waals surface area contributed by atoms with Crippen LogP contribution in [0.5, 0.6) is 0 Å². The van der Waals surface area contributed by atoms with Crippen LogP contribution in [0.25, 0.3) is 5.65 Å². The van der Waals surface area contributed by atoms with Crippen molar-refractivity contribution >= 4 is 21.6 Å². The van der Waals surface area contributed by atoms with Gasteiger partial charge in [-0.1, -0.05) is 0 Å². The second-order valence-corrected chi connectivity index (χ2v) is 6.67. The first kappa shape index (κ1) is 14.7. The highest BCUT2D eigenvalue weighted by molar-refractivity contribution is 9.10. The molecule has 112 valence electrons. The van der Waals surface area contributed by atoms with E-state index in [1.165, 1.54) is 4.90 Å². The quantitative estimate of drug-likeness (QED) is 0.863. The fourth-order valence-corrected chi connectivity index (χ4v) is 3.34. The number of nitrogens with zero attached hydrogens (tertiary/aromatic N) is 2. The minimum Gasteiger partial charge on any atom is -0.364 e. The van der Waals surface area contributed by atoms with E-state index in [1.54, 1.807) is 16.7 Å². The maximum Gasteiger partial charge on any atom is 0.258 e. The maximum atomic E-state index is 12.2. The fraction of sp³-hybridized carbons (Fsp3) is 0.467. The molecule has 0 bridgehead atoms. The molecule has 5 nitrogen and oxygen atoms in total. The van der Waals surface area contributed by atoms with Crippen molar-refractivity contribution < 1.29 is 9.64 Å². The van der Waals surface area contributed by atoms with Crippen LogP contribution in [0.2, 0.25) is 0 Å². The Labute approximate surface area is 131 Å². The van der Waals surface area contributed by atoms with Crippen molar-refractivity contribution in [1.82, 2.24) is 9.38 Å². The van der Waals surface area contributed by atoms with Crippen molar-refractivity contribution in [3.8, 4) is 0 Å². The molecule has 2 atom stereocenters. The summed E-state index contributed by atoms with van der Waals surface area (Å²) in [5.41, 5.74) is 1.50. The number of aromatic nitrogens is 2. The van der Waals surface area contributed by atoms with Crippen LogP contribution in [0.3, 0.4) is 0 Å². The van der Waals surface area contributed by atoms with Gasteiger partial charge in [-0.15, -0.1) is 0 Å². The molecule has 0 amide bonds. The Hall–Kier alpha value is -1.24. The summed E-state index contributed by atoms with van der Waals surface area (Å²) in [6.45, 7) is 6.85. The summed E-state index contributed by atoms with van der Waals surface area (Å²) in [5.74, 6) is 0. The van der Waals surface area contributed by atoms with E-state index in [2.05, 4.69) is 34.8 Å². The van der Waals surface area contributed by atoms with E-state index < -0.39 is 0 Å². The van der Waals surface area contributed by atoms with E-state index in [-0.39, 0.29) is 17.8 Å². The first-order chi connectivity index (χ1) is 10.0. The predicted molar refractivity (Wildman–Crippen MR) is 83.6 cm³/mol. The first-order valence-electron chi connectivity index (χ1n) is 7.18. The lowest BCUT2D eigenvalue weighted by molar-refractivity contribution is -0.928. The van der Waals surface area contributed by atoms with Gasteiger partial charge in [0.05, 0.1) is 0 Å². The molecule has 21 heavy (non-hydrogen) atoms. The predicted octanol–water partition coefficient (Wildman–Crippen LogP) is 0.649. The molecule has 0 aromatic carbocycles. The fourth-order valence-electron chi connectivity index (χ4n) is 3.01. The molecule has 1 aliphatic heterocycles. The van der Waals surface area contributed by atoms with E-state index in [9.17, 15) is 4.79 Å². The van der Waals surface area contributed by atoms with Gasteiger partial charge in [0, 0.05) is 16.7 Å². The van der Waals surface area contributed by atoms with Crippen molar-refractivity contribution in [2.24, 2.45) is 0 Å². The van der Waals surface area contributed by atoms with Gasteiger partial charge in [0.15, 0.2) is 0 Å². The number of quaternary nitrogens is 1. The molecular weight excluding hydrogens is 334 g/mol. The summed E-state index contributed by atoms with van der Waals surface area (Å²) in [5, 5.41) is 0. The normalized spacial score (nSPS) is 26.1. The Balaban J connectivity index is 1.87. The van der Waals surface area contributed by atoms with Gasteiger partial charge in [0.2, 0.25) is 0 Å². The third-order valence-electron chi connectivity index (χ3n) is 3.72. The Kier molecular flexibility index (Phi) is 4.10. The largest absolute Gasteiger partial charge is 0.364 e. The SMILES string of the molecule is C[C@H]1C[NH+](Cc2cc(=O)n3cc(Br)ccc3n2)C[C@H](C)O1. The Morgan fingerprint density at radius 1 is 1.38 bits per heavy atom. The molecule has 1 N–H and O–H groups in total. The highest BCUT2D eigenvalue weighted by Crippen LogP contribution is 2.09. The minimum absolute atomic E-state index is 0.0370. The molecule has 3 heterocycles. The lowest BCUT2D eigenvalue weighted by Gasteiger charge is -2.32.